The Labute approximate surface area is 123 Å². The highest BCUT2D eigenvalue weighted by Crippen LogP contribution is 2.39. The molecular weight excluding hydrogens is 274 g/mol. The lowest BCUT2D eigenvalue weighted by atomic mass is 9.70. The van der Waals surface area contributed by atoms with Crippen molar-refractivity contribution in [1.82, 2.24) is 0 Å². The predicted octanol–water partition coefficient (Wildman–Crippen LogP) is 3.69. The van der Waals surface area contributed by atoms with Gasteiger partial charge in [-0.1, -0.05) is 20.8 Å². The van der Waals surface area contributed by atoms with Gasteiger partial charge in [-0.25, -0.2) is 8.78 Å². The molecule has 0 aliphatic heterocycles. The second-order valence-corrected chi connectivity index (χ2v) is 6.81. The average molecular weight is 296 g/mol. The largest absolute Gasteiger partial charge is 0.380 e. The van der Waals surface area contributed by atoms with Crippen molar-refractivity contribution in [3.63, 3.8) is 0 Å². The molecule has 3 nitrogen and oxygen atoms in total. The fourth-order valence-corrected chi connectivity index (χ4v) is 3.21. The van der Waals surface area contributed by atoms with Gasteiger partial charge in [-0.05, 0) is 36.7 Å². The fraction of sp³-hybridized carbons (Fsp3) is 0.562. The maximum Gasteiger partial charge on any atom is 0.251 e. The normalized spacial score (nSPS) is 24.6. The molecule has 3 N–H and O–H groups in total. The van der Waals surface area contributed by atoms with E-state index < -0.39 is 17.5 Å². The second-order valence-electron chi connectivity index (χ2n) is 6.81. The lowest BCUT2D eigenvalue weighted by Crippen LogP contribution is -2.37. The molecule has 1 aromatic rings. The molecule has 0 spiro atoms. The number of benzene rings is 1. The van der Waals surface area contributed by atoms with Crippen molar-refractivity contribution in [2.45, 2.75) is 46.1 Å². The summed E-state index contributed by atoms with van der Waals surface area (Å²) in [4.78, 5) is 11.2. The van der Waals surface area contributed by atoms with Crippen molar-refractivity contribution < 1.29 is 13.6 Å². The van der Waals surface area contributed by atoms with Crippen LogP contribution >= 0.6 is 0 Å². The Morgan fingerprint density at radius 2 is 2.00 bits per heavy atom. The number of nitrogens with one attached hydrogen (secondary N) is 1. The Hall–Kier alpha value is -1.65. The lowest BCUT2D eigenvalue weighted by Gasteiger charge is -2.40. The smallest absolute Gasteiger partial charge is 0.251 e. The number of nitrogens with two attached hydrogens (primary N) is 1. The van der Waals surface area contributed by atoms with Crippen molar-refractivity contribution in [2.24, 2.45) is 17.1 Å². The van der Waals surface area contributed by atoms with Crippen LogP contribution in [0.15, 0.2) is 12.1 Å². The van der Waals surface area contributed by atoms with Crippen LogP contribution in [0, 0.1) is 23.0 Å². The first-order valence-corrected chi connectivity index (χ1v) is 7.25. The van der Waals surface area contributed by atoms with Crippen LogP contribution in [0.5, 0.6) is 0 Å². The van der Waals surface area contributed by atoms with E-state index in [0.717, 1.165) is 19.3 Å². The maximum absolute atomic E-state index is 13.9. The summed E-state index contributed by atoms with van der Waals surface area (Å²) in [7, 11) is 0. The van der Waals surface area contributed by atoms with E-state index in [4.69, 9.17) is 5.73 Å². The van der Waals surface area contributed by atoms with E-state index in [0.29, 0.717) is 12.0 Å². The molecule has 2 unspecified atom stereocenters. The molecule has 2 rings (SSSR count). The Morgan fingerprint density at radius 3 is 2.57 bits per heavy atom. The van der Waals surface area contributed by atoms with Crippen molar-refractivity contribution in [3.05, 3.63) is 29.3 Å². The van der Waals surface area contributed by atoms with Gasteiger partial charge in [-0.3, -0.25) is 4.79 Å². The first-order chi connectivity index (χ1) is 9.69. The number of hydrogen-bond acceptors (Lipinski definition) is 2. The van der Waals surface area contributed by atoms with Crippen LogP contribution in [-0.4, -0.2) is 11.9 Å². The first-order valence-electron chi connectivity index (χ1n) is 7.25. The van der Waals surface area contributed by atoms with E-state index in [1.807, 2.05) is 0 Å². The Bertz CT molecular complexity index is 557. The second kappa shape index (κ2) is 5.62. The summed E-state index contributed by atoms with van der Waals surface area (Å²) < 4.78 is 27.3. The molecule has 1 saturated carbocycles. The van der Waals surface area contributed by atoms with Gasteiger partial charge in [0, 0.05) is 12.1 Å². The number of hydrogen-bond donors (Lipinski definition) is 2. The Morgan fingerprint density at radius 1 is 1.33 bits per heavy atom. The van der Waals surface area contributed by atoms with Gasteiger partial charge in [0.1, 0.15) is 11.6 Å². The van der Waals surface area contributed by atoms with Gasteiger partial charge in [0.05, 0.1) is 11.3 Å². The number of carbonyl (C=O) groups excluding carboxylic acids is 1. The van der Waals surface area contributed by atoms with Crippen LogP contribution in [0.25, 0.3) is 0 Å². The lowest BCUT2D eigenvalue weighted by molar-refractivity contribution is 0.0996. The standard InChI is InChI=1S/C16H22F2N2O/c1-9-8-16(2,3)5-4-13(9)20-14-6-10(15(19)21)11(17)7-12(14)18/h6-7,9,13,20H,4-5,8H2,1-3H3,(H2,19,21). The van der Waals surface area contributed by atoms with E-state index >= 15 is 0 Å². The molecule has 0 radical (unpaired) electrons. The highest BCUT2D eigenvalue weighted by molar-refractivity contribution is 5.94. The molecule has 116 valence electrons. The van der Waals surface area contributed by atoms with Crippen LogP contribution in [-0.2, 0) is 0 Å². The Balaban J connectivity index is 2.20. The maximum atomic E-state index is 13.9. The van der Waals surface area contributed by atoms with Gasteiger partial charge >= 0.3 is 0 Å². The van der Waals surface area contributed by atoms with Gasteiger partial charge in [-0.2, -0.15) is 0 Å². The van der Waals surface area contributed by atoms with Gasteiger partial charge < -0.3 is 11.1 Å². The molecular formula is C16H22F2N2O. The van der Waals surface area contributed by atoms with E-state index in [1.165, 1.54) is 6.07 Å². The zero-order chi connectivity index (χ0) is 15.8. The molecule has 0 saturated heterocycles. The SMILES string of the molecule is CC1CC(C)(C)CCC1Nc1cc(C(N)=O)c(F)cc1F. The number of halogens is 2. The molecule has 1 amide bonds. The molecule has 0 heterocycles. The Kier molecular flexibility index (Phi) is 4.21. The molecule has 0 aromatic heterocycles. The molecule has 1 aromatic carbocycles. The predicted molar refractivity (Wildman–Crippen MR) is 79.1 cm³/mol. The van der Waals surface area contributed by atoms with Gasteiger partial charge in [0.25, 0.3) is 5.91 Å². The zero-order valence-electron chi connectivity index (χ0n) is 12.7. The summed E-state index contributed by atoms with van der Waals surface area (Å²) >= 11 is 0. The first kappa shape index (κ1) is 15.7. The van der Waals surface area contributed by atoms with Gasteiger partial charge in [0.2, 0.25) is 0 Å². The van der Waals surface area contributed by atoms with E-state index in [1.54, 1.807) is 0 Å². The molecule has 5 heteroatoms. The van der Waals surface area contributed by atoms with Crippen LogP contribution in [0.4, 0.5) is 14.5 Å². The van der Waals surface area contributed by atoms with Gasteiger partial charge in [0.15, 0.2) is 0 Å². The van der Waals surface area contributed by atoms with E-state index in [-0.39, 0.29) is 22.7 Å². The molecule has 21 heavy (non-hydrogen) atoms. The van der Waals surface area contributed by atoms with Crippen LogP contribution < -0.4 is 11.1 Å². The third-order valence-electron chi connectivity index (χ3n) is 4.36. The third kappa shape index (κ3) is 3.52. The molecule has 1 fully saturated rings. The van der Waals surface area contributed by atoms with Crippen molar-refractivity contribution in [3.8, 4) is 0 Å². The summed E-state index contributed by atoms with van der Waals surface area (Å²) in [5, 5.41) is 3.11. The van der Waals surface area contributed by atoms with Crippen LogP contribution in [0.2, 0.25) is 0 Å². The highest BCUT2D eigenvalue weighted by Gasteiger charge is 2.32. The van der Waals surface area contributed by atoms with Crippen molar-refractivity contribution in [2.75, 3.05) is 5.32 Å². The molecule has 2 atom stereocenters. The number of primary amides is 1. The van der Waals surface area contributed by atoms with E-state index in [9.17, 15) is 13.6 Å². The molecule has 1 aliphatic carbocycles. The number of rotatable bonds is 3. The summed E-state index contributed by atoms with van der Waals surface area (Å²) in [5.74, 6) is -2.15. The summed E-state index contributed by atoms with van der Waals surface area (Å²) in [5.41, 5.74) is 5.24. The van der Waals surface area contributed by atoms with Gasteiger partial charge in [-0.15, -0.1) is 0 Å². The zero-order valence-corrected chi connectivity index (χ0v) is 12.7. The quantitative estimate of drug-likeness (QED) is 0.893. The topological polar surface area (TPSA) is 55.1 Å². The third-order valence-corrected chi connectivity index (χ3v) is 4.36. The highest BCUT2D eigenvalue weighted by atomic mass is 19.1. The monoisotopic (exact) mass is 296 g/mol. The minimum Gasteiger partial charge on any atom is -0.380 e. The van der Waals surface area contributed by atoms with Crippen molar-refractivity contribution >= 4 is 11.6 Å². The average Bonchev–Trinajstić information content (AvgIpc) is 2.34. The fourth-order valence-electron chi connectivity index (χ4n) is 3.21. The number of carbonyl (C=O) groups is 1. The van der Waals surface area contributed by atoms with Crippen LogP contribution in [0.3, 0.4) is 0 Å². The summed E-state index contributed by atoms with van der Waals surface area (Å²) in [6.45, 7) is 6.57. The summed E-state index contributed by atoms with van der Waals surface area (Å²) in [6, 6.07) is 1.98. The number of anilines is 1. The molecule has 0 bridgehead atoms. The van der Waals surface area contributed by atoms with Crippen LogP contribution in [0.1, 0.15) is 50.4 Å². The van der Waals surface area contributed by atoms with Crippen molar-refractivity contribution in [1.29, 1.82) is 0 Å². The minimum atomic E-state index is -0.927. The summed E-state index contributed by atoms with van der Waals surface area (Å²) in [6.07, 6.45) is 2.99. The van der Waals surface area contributed by atoms with E-state index in [2.05, 4.69) is 26.1 Å². The molecule has 1 aliphatic rings. The number of amides is 1. The minimum absolute atomic E-state index is 0.110.